The Balaban J connectivity index is 2.88. The van der Waals surface area contributed by atoms with Gasteiger partial charge in [0.1, 0.15) is 0 Å². The van der Waals surface area contributed by atoms with Gasteiger partial charge in [-0.25, -0.2) is 4.89 Å². The number of hydrogen-bond acceptors (Lipinski definition) is 3. The van der Waals surface area contributed by atoms with E-state index >= 15 is 0 Å². The van der Waals surface area contributed by atoms with E-state index in [1.54, 1.807) is 0 Å². The van der Waals surface area contributed by atoms with Crippen LogP contribution in [0.3, 0.4) is 0 Å². The normalized spacial score (nSPS) is 10.4. The van der Waals surface area contributed by atoms with Crippen molar-refractivity contribution in [2.75, 3.05) is 6.61 Å². The van der Waals surface area contributed by atoms with Gasteiger partial charge in [0.15, 0.2) is 0 Å². The second-order valence-corrected chi connectivity index (χ2v) is 3.28. The van der Waals surface area contributed by atoms with Crippen LogP contribution in [0.25, 0.3) is 0 Å². The summed E-state index contributed by atoms with van der Waals surface area (Å²) in [6.07, 6.45) is 6.21. The number of aliphatic carboxylic acids is 1. The van der Waals surface area contributed by atoms with Crippen LogP contribution in [0.2, 0.25) is 0 Å². The van der Waals surface area contributed by atoms with E-state index in [1.807, 2.05) is 0 Å². The maximum atomic E-state index is 10.2. The molecule has 0 saturated carbocycles. The highest BCUT2D eigenvalue weighted by Gasteiger charge is 1.96. The van der Waals surface area contributed by atoms with Gasteiger partial charge in [0.05, 0.1) is 18.5 Å². The van der Waals surface area contributed by atoms with Crippen molar-refractivity contribution in [3.05, 3.63) is 0 Å². The lowest BCUT2D eigenvalue weighted by Gasteiger charge is -1.99. The Morgan fingerprint density at radius 2 is 1.64 bits per heavy atom. The van der Waals surface area contributed by atoms with Crippen molar-refractivity contribution >= 4 is 17.8 Å². The van der Waals surface area contributed by atoms with Crippen LogP contribution in [0, 0.1) is 0 Å². The van der Waals surface area contributed by atoms with Gasteiger partial charge in [-0.15, -0.1) is 4.44 Å². The summed E-state index contributed by atoms with van der Waals surface area (Å²) in [5.74, 6) is -0.710. The molecule has 0 rings (SSSR count). The molecule has 0 radical (unpaired) electrons. The summed E-state index contributed by atoms with van der Waals surface area (Å²) in [6, 6.07) is 0. The first-order valence-electron chi connectivity index (χ1n) is 4.89. The Morgan fingerprint density at radius 3 is 2.21 bits per heavy atom. The molecule has 0 aliphatic heterocycles. The SMILES string of the molecule is O=C(O)CCCCCCCCOOCl. The van der Waals surface area contributed by atoms with Crippen LogP contribution < -0.4 is 0 Å². The van der Waals surface area contributed by atoms with Gasteiger partial charge in [0.2, 0.25) is 0 Å². The van der Waals surface area contributed by atoms with E-state index in [2.05, 4.69) is 9.33 Å². The lowest BCUT2D eigenvalue weighted by molar-refractivity contribution is -0.203. The summed E-state index contributed by atoms with van der Waals surface area (Å²) in [6.45, 7) is 0.513. The van der Waals surface area contributed by atoms with Crippen molar-refractivity contribution in [1.29, 1.82) is 0 Å². The molecule has 0 aromatic carbocycles. The zero-order valence-corrected chi connectivity index (χ0v) is 8.96. The Kier molecular flexibility index (Phi) is 10.5. The Hall–Kier alpha value is -0.320. The molecule has 0 aliphatic carbocycles. The molecular formula is C9H17ClO4. The van der Waals surface area contributed by atoms with E-state index in [1.165, 1.54) is 0 Å². The molecule has 1 N–H and O–H groups in total. The third kappa shape index (κ3) is 11.7. The molecule has 0 unspecified atom stereocenters. The molecule has 0 fully saturated rings. The fourth-order valence-electron chi connectivity index (χ4n) is 1.18. The van der Waals surface area contributed by atoms with Crippen molar-refractivity contribution in [3.63, 3.8) is 0 Å². The van der Waals surface area contributed by atoms with Crippen molar-refractivity contribution in [2.24, 2.45) is 0 Å². The number of carboxylic acid groups (broad SMARTS) is 1. The first kappa shape index (κ1) is 13.7. The minimum absolute atomic E-state index is 0.281. The molecule has 0 aromatic rings. The minimum Gasteiger partial charge on any atom is -0.481 e. The minimum atomic E-state index is -0.710. The second kappa shape index (κ2) is 10.8. The molecule has 0 bridgehead atoms. The van der Waals surface area contributed by atoms with Gasteiger partial charge in [-0.3, -0.25) is 4.79 Å². The van der Waals surface area contributed by atoms with Crippen LogP contribution in [-0.4, -0.2) is 17.7 Å². The molecule has 5 heteroatoms. The van der Waals surface area contributed by atoms with Crippen LogP contribution in [0.1, 0.15) is 44.9 Å². The molecular weight excluding hydrogens is 208 g/mol. The fourth-order valence-corrected chi connectivity index (χ4v) is 1.24. The molecule has 0 saturated heterocycles. The van der Waals surface area contributed by atoms with Gasteiger partial charge >= 0.3 is 5.97 Å². The predicted octanol–water partition coefficient (Wildman–Crippen LogP) is 2.90. The van der Waals surface area contributed by atoms with Crippen LogP contribution in [0.4, 0.5) is 0 Å². The topological polar surface area (TPSA) is 55.8 Å². The van der Waals surface area contributed by atoms with Gasteiger partial charge in [-0.1, -0.05) is 25.7 Å². The standard InChI is InChI=1S/C9H17ClO4/c10-14-13-8-6-4-2-1-3-5-7-9(11)12/h1-8H2,(H,11,12). The van der Waals surface area contributed by atoms with Gasteiger partial charge < -0.3 is 5.11 Å². The van der Waals surface area contributed by atoms with Crippen LogP contribution >= 0.6 is 11.9 Å². The van der Waals surface area contributed by atoms with Gasteiger partial charge in [-0.05, 0) is 12.8 Å². The number of unbranched alkanes of at least 4 members (excludes halogenated alkanes) is 5. The third-order valence-corrected chi connectivity index (χ3v) is 2.00. The van der Waals surface area contributed by atoms with E-state index in [9.17, 15) is 4.79 Å². The van der Waals surface area contributed by atoms with Gasteiger partial charge in [0.25, 0.3) is 0 Å². The summed E-state index contributed by atoms with van der Waals surface area (Å²) >= 11 is 4.83. The number of halogens is 1. The van der Waals surface area contributed by atoms with E-state index < -0.39 is 5.97 Å². The van der Waals surface area contributed by atoms with Crippen LogP contribution in [0.15, 0.2) is 0 Å². The largest absolute Gasteiger partial charge is 0.481 e. The number of rotatable bonds is 10. The van der Waals surface area contributed by atoms with Crippen molar-refractivity contribution in [3.8, 4) is 0 Å². The van der Waals surface area contributed by atoms with Gasteiger partial charge in [0, 0.05) is 6.42 Å². The summed E-state index contributed by atoms with van der Waals surface area (Å²) < 4.78 is 3.92. The van der Waals surface area contributed by atoms with Crippen LogP contribution in [-0.2, 0) is 14.1 Å². The summed E-state index contributed by atoms with van der Waals surface area (Å²) in [4.78, 5) is 14.6. The molecule has 0 aromatic heterocycles. The quantitative estimate of drug-likeness (QED) is 0.352. The van der Waals surface area contributed by atoms with Gasteiger partial charge in [-0.2, -0.15) is 0 Å². The zero-order chi connectivity index (χ0) is 10.6. The lowest BCUT2D eigenvalue weighted by Crippen LogP contribution is -1.94. The number of carbonyl (C=O) groups is 1. The summed E-state index contributed by atoms with van der Waals surface area (Å²) in [7, 11) is 0. The molecule has 84 valence electrons. The molecule has 0 atom stereocenters. The zero-order valence-electron chi connectivity index (χ0n) is 8.21. The Labute approximate surface area is 89.2 Å². The first-order chi connectivity index (χ1) is 6.77. The van der Waals surface area contributed by atoms with Crippen LogP contribution in [0.5, 0.6) is 0 Å². The summed E-state index contributed by atoms with van der Waals surface area (Å²) in [5.41, 5.74) is 0. The summed E-state index contributed by atoms with van der Waals surface area (Å²) in [5, 5.41) is 8.37. The Morgan fingerprint density at radius 1 is 1.07 bits per heavy atom. The van der Waals surface area contributed by atoms with Crippen molar-refractivity contribution < 1.29 is 19.2 Å². The smallest absolute Gasteiger partial charge is 0.303 e. The number of hydrogen-bond donors (Lipinski definition) is 1. The van der Waals surface area contributed by atoms with E-state index in [0.717, 1.165) is 38.5 Å². The predicted molar refractivity (Wildman–Crippen MR) is 52.8 cm³/mol. The van der Waals surface area contributed by atoms with E-state index in [0.29, 0.717) is 6.61 Å². The van der Waals surface area contributed by atoms with Crippen molar-refractivity contribution in [2.45, 2.75) is 44.9 Å². The second-order valence-electron chi connectivity index (χ2n) is 3.15. The average Bonchev–Trinajstić information content (AvgIpc) is 2.15. The highest BCUT2D eigenvalue weighted by molar-refractivity contribution is 6.06. The fraction of sp³-hybridized carbons (Fsp3) is 0.889. The average molecular weight is 225 g/mol. The molecule has 0 aliphatic rings. The molecule has 0 heterocycles. The molecule has 14 heavy (non-hydrogen) atoms. The van der Waals surface area contributed by atoms with E-state index in [4.69, 9.17) is 17.0 Å². The third-order valence-electron chi connectivity index (χ3n) is 1.91. The molecule has 4 nitrogen and oxygen atoms in total. The monoisotopic (exact) mass is 224 g/mol. The molecule has 0 spiro atoms. The van der Waals surface area contributed by atoms with E-state index in [-0.39, 0.29) is 6.42 Å². The molecule has 0 amide bonds. The lowest BCUT2D eigenvalue weighted by atomic mass is 10.1. The highest BCUT2D eigenvalue weighted by Crippen LogP contribution is 2.07. The maximum Gasteiger partial charge on any atom is 0.303 e. The number of carboxylic acids is 1. The highest BCUT2D eigenvalue weighted by atomic mass is 35.5. The Bertz CT molecular complexity index is 141. The maximum absolute atomic E-state index is 10.2. The first-order valence-corrected chi connectivity index (χ1v) is 5.20. The van der Waals surface area contributed by atoms with Crippen molar-refractivity contribution in [1.82, 2.24) is 0 Å².